The molecule has 3 fully saturated rings. The number of rotatable bonds is 5. The molecule has 1 heterocycles. The predicted octanol–water partition coefficient (Wildman–Crippen LogP) is 6.69. The summed E-state index contributed by atoms with van der Waals surface area (Å²) < 4.78 is 0. The molecule has 38 heavy (non-hydrogen) atoms. The Morgan fingerprint density at radius 1 is 0.974 bits per heavy atom. The highest BCUT2D eigenvalue weighted by molar-refractivity contribution is 5.81. The highest BCUT2D eigenvalue weighted by atomic mass is 16.2. The molecule has 2 saturated carbocycles. The van der Waals surface area contributed by atoms with Crippen molar-refractivity contribution in [2.45, 2.75) is 71.3 Å². The van der Waals surface area contributed by atoms with Gasteiger partial charge in [-0.25, -0.2) is 0 Å². The topological polar surface area (TPSA) is 49.4 Å². The summed E-state index contributed by atoms with van der Waals surface area (Å²) in [5, 5.41) is 3.52. The second kappa shape index (κ2) is 9.70. The Labute approximate surface area is 227 Å². The summed E-state index contributed by atoms with van der Waals surface area (Å²) >= 11 is 0. The fourth-order valence-corrected chi connectivity index (χ4v) is 9.07. The fraction of sp³-hybridized carbons (Fsp3) is 0.529. The first-order valence-electron chi connectivity index (χ1n) is 14.7. The van der Waals surface area contributed by atoms with Crippen molar-refractivity contribution in [2.24, 2.45) is 34.5 Å². The number of hydrogen-bond donors (Lipinski definition) is 1. The average molecular weight is 511 g/mol. The molecule has 2 aromatic rings. The third-order valence-corrected chi connectivity index (χ3v) is 11.1. The molecule has 4 nitrogen and oxygen atoms in total. The van der Waals surface area contributed by atoms with Crippen molar-refractivity contribution in [3.63, 3.8) is 0 Å². The molecule has 4 heteroatoms. The maximum atomic E-state index is 14.0. The van der Waals surface area contributed by atoms with Gasteiger partial charge in [0.15, 0.2) is 0 Å². The van der Waals surface area contributed by atoms with Crippen molar-refractivity contribution in [1.29, 1.82) is 0 Å². The van der Waals surface area contributed by atoms with E-state index in [2.05, 4.69) is 73.8 Å². The molecule has 6 rings (SSSR count). The van der Waals surface area contributed by atoms with Gasteiger partial charge in [0.2, 0.25) is 11.8 Å². The van der Waals surface area contributed by atoms with Crippen LogP contribution in [0.2, 0.25) is 0 Å². The van der Waals surface area contributed by atoms with Gasteiger partial charge in [-0.2, -0.15) is 0 Å². The van der Waals surface area contributed by atoms with Gasteiger partial charge < -0.3 is 10.2 Å². The first-order valence-corrected chi connectivity index (χ1v) is 14.7. The van der Waals surface area contributed by atoms with Gasteiger partial charge in [0.1, 0.15) is 0 Å². The zero-order valence-electron chi connectivity index (χ0n) is 23.2. The normalized spacial score (nSPS) is 35.0. The largest absolute Gasteiger partial charge is 0.349 e. The standard InChI is InChI=1S/C34H42N2O2/c1-33-20-18-27-25(14-17-30-34(27,2)21-19-31(37)36(30)3)26(33)15-16-28(33)32(38)35-29(24-12-8-5-9-13-24)22-23-10-6-4-7-11-23/h4-13,17,25-29H,14-16,18-22H2,1-3H3,(H,35,38)/t25-,26-,27+,28?,29?,33-,34+/m0/s1. The van der Waals surface area contributed by atoms with Crippen LogP contribution in [0.25, 0.3) is 0 Å². The van der Waals surface area contributed by atoms with E-state index in [1.807, 2.05) is 24.1 Å². The summed E-state index contributed by atoms with van der Waals surface area (Å²) in [4.78, 5) is 28.4. The van der Waals surface area contributed by atoms with E-state index in [0.29, 0.717) is 24.2 Å². The minimum Gasteiger partial charge on any atom is -0.349 e. The minimum atomic E-state index is -0.0283. The van der Waals surface area contributed by atoms with Crippen LogP contribution in [0.3, 0.4) is 0 Å². The number of nitrogens with zero attached hydrogens (tertiary/aromatic N) is 1. The summed E-state index contributed by atoms with van der Waals surface area (Å²) in [5.41, 5.74) is 3.80. The molecule has 0 aromatic heterocycles. The number of fused-ring (bicyclic) bond motifs is 5. The monoisotopic (exact) mass is 510 g/mol. The second-order valence-electron chi connectivity index (χ2n) is 12.9. The van der Waals surface area contributed by atoms with Gasteiger partial charge in [-0.3, -0.25) is 9.59 Å². The summed E-state index contributed by atoms with van der Waals surface area (Å²) in [6.07, 6.45) is 10.2. The van der Waals surface area contributed by atoms with Crippen molar-refractivity contribution in [3.05, 3.63) is 83.6 Å². The SMILES string of the molecule is CN1C(=O)CC[C@@]2(C)C1=CC[C@@H]1[C@H]2CC[C@]2(C)C(C(=O)NC(Cc3ccccc3)c3ccccc3)CC[C@@H]12. The quantitative estimate of drug-likeness (QED) is 0.487. The fourth-order valence-electron chi connectivity index (χ4n) is 9.07. The molecule has 200 valence electrons. The van der Waals surface area contributed by atoms with Gasteiger partial charge in [0, 0.05) is 30.5 Å². The van der Waals surface area contributed by atoms with E-state index in [4.69, 9.17) is 0 Å². The molecule has 0 radical (unpaired) electrons. The molecule has 1 N–H and O–H groups in total. The van der Waals surface area contributed by atoms with Crippen LogP contribution in [-0.4, -0.2) is 23.8 Å². The molecule has 2 unspecified atom stereocenters. The van der Waals surface area contributed by atoms with Crippen LogP contribution < -0.4 is 5.32 Å². The second-order valence-corrected chi connectivity index (χ2v) is 12.9. The molecule has 0 spiro atoms. The third-order valence-electron chi connectivity index (χ3n) is 11.1. The lowest BCUT2D eigenvalue weighted by molar-refractivity contribution is -0.138. The van der Waals surface area contributed by atoms with Crippen molar-refractivity contribution in [2.75, 3.05) is 7.05 Å². The Kier molecular flexibility index (Phi) is 6.48. The molecule has 7 atom stereocenters. The Morgan fingerprint density at radius 3 is 2.42 bits per heavy atom. The van der Waals surface area contributed by atoms with Crippen LogP contribution in [0, 0.1) is 34.5 Å². The zero-order valence-corrected chi connectivity index (χ0v) is 23.2. The summed E-state index contributed by atoms with van der Waals surface area (Å²) in [7, 11) is 1.97. The molecule has 2 amide bonds. The molecule has 1 aliphatic heterocycles. The van der Waals surface area contributed by atoms with Crippen LogP contribution in [-0.2, 0) is 16.0 Å². The van der Waals surface area contributed by atoms with Crippen molar-refractivity contribution in [1.82, 2.24) is 10.2 Å². The van der Waals surface area contributed by atoms with E-state index in [1.54, 1.807) is 0 Å². The maximum absolute atomic E-state index is 14.0. The molecule has 3 aliphatic carbocycles. The molecule has 2 aromatic carbocycles. The number of hydrogen-bond acceptors (Lipinski definition) is 2. The van der Waals surface area contributed by atoms with E-state index < -0.39 is 0 Å². The zero-order chi connectivity index (χ0) is 26.5. The summed E-state index contributed by atoms with van der Waals surface area (Å²) in [6, 6.07) is 20.9. The molecular weight excluding hydrogens is 468 g/mol. The molecule has 4 aliphatic rings. The van der Waals surface area contributed by atoms with E-state index >= 15 is 0 Å². The van der Waals surface area contributed by atoms with Crippen molar-refractivity contribution < 1.29 is 9.59 Å². The lowest BCUT2D eigenvalue weighted by Gasteiger charge is -2.58. The van der Waals surface area contributed by atoms with Gasteiger partial charge in [-0.15, -0.1) is 0 Å². The van der Waals surface area contributed by atoms with E-state index in [1.165, 1.54) is 16.8 Å². The van der Waals surface area contributed by atoms with Crippen LogP contribution in [0.4, 0.5) is 0 Å². The van der Waals surface area contributed by atoms with Gasteiger partial charge in [0.25, 0.3) is 0 Å². The van der Waals surface area contributed by atoms with Gasteiger partial charge in [-0.1, -0.05) is 80.6 Å². The maximum Gasteiger partial charge on any atom is 0.226 e. The first kappa shape index (κ1) is 25.4. The lowest BCUT2D eigenvalue weighted by Crippen LogP contribution is -2.54. The molecule has 1 saturated heterocycles. The molecule has 0 bridgehead atoms. The number of carbonyl (C=O) groups excluding carboxylic acids is 2. The van der Waals surface area contributed by atoms with E-state index in [9.17, 15) is 9.59 Å². The van der Waals surface area contributed by atoms with Crippen LogP contribution >= 0.6 is 0 Å². The number of allylic oxidation sites excluding steroid dienone is 2. The van der Waals surface area contributed by atoms with Gasteiger partial charge in [0.05, 0.1) is 6.04 Å². The van der Waals surface area contributed by atoms with Crippen LogP contribution in [0.15, 0.2) is 72.4 Å². The van der Waals surface area contributed by atoms with Crippen molar-refractivity contribution in [3.8, 4) is 0 Å². The Bertz CT molecular complexity index is 1220. The van der Waals surface area contributed by atoms with Gasteiger partial charge >= 0.3 is 0 Å². The highest BCUT2D eigenvalue weighted by Gasteiger charge is 2.60. The number of nitrogens with one attached hydrogen (secondary N) is 1. The lowest BCUT2D eigenvalue weighted by atomic mass is 9.49. The van der Waals surface area contributed by atoms with Crippen LogP contribution in [0.1, 0.15) is 76.0 Å². The summed E-state index contributed by atoms with van der Waals surface area (Å²) in [6.45, 7) is 4.83. The van der Waals surface area contributed by atoms with Crippen molar-refractivity contribution >= 4 is 11.8 Å². The number of carbonyl (C=O) groups is 2. The van der Waals surface area contributed by atoms with Crippen LogP contribution in [0.5, 0.6) is 0 Å². The number of piperidine rings is 1. The minimum absolute atomic E-state index is 0.0283. The average Bonchev–Trinajstić information content (AvgIpc) is 3.29. The first-order chi connectivity index (χ1) is 18.3. The highest BCUT2D eigenvalue weighted by Crippen LogP contribution is 2.66. The number of amides is 2. The Balaban J connectivity index is 1.23. The van der Waals surface area contributed by atoms with Gasteiger partial charge in [-0.05, 0) is 79.2 Å². The predicted molar refractivity (Wildman–Crippen MR) is 151 cm³/mol. The Hall–Kier alpha value is -2.88. The summed E-state index contributed by atoms with van der Waals surface area (Å²) in [5.74, 6) is 2.33. The number of likely N-dealkylation sites (tertiary alicyclic amines) is 1. The van der Waals surface area contributed by atoms with E-state index in [0.717, 1.165) is 44.9 Å². The smallest absolute Gasteiger partial charge is 0.226 e. The Morgan fingerprint density at radius 2 is 1.68 bits per heavy atom. The van der Waals surface area contributed by atoms with E-state index in [-0.39, 0.29) is 34.6 Å². The number of benzene rings is 2. The molecular formula is C34H42N2O2. The third kappa shape index (κ3) is 4.12.